The summed E-state index contributed by atoms with van der Waals surface area (Å²) in [5.74, 6) is 1.09. The maximum Gasteiger partial charge on any atom is 0.269 e. The summed E-state index contributed by atoms with van der Waals surface area (Å²) in [5, 5.41) is 20.2. The van der Waals surface area contributed by atoms with Gasteiger partial charge in [0.2, 0.25) is 16.8 Å². The van der Waals surface area contributed by atoms with Crippen LogP contribution in [-0.4, -0.2) is 69.8 Å². The van der Waals surface area contributed by atoms with E-state index in [0.717, 1.165) is 23.3 Å². The highest BCUT2D eigenvalue weighted by molar-refractivity contribution is 7.89. The number of nitro benzene ring substituents is 1. The van der Waals surface area contributed by atoms with Gasteiger partial charge in [0, 0.05) is 39.5 Å². The Balaban J connectivity index is 1.89. The summed E-state index contributed by atoms with van der Waals surface area (Å²) in [6.45, 7) is -0.0165. The van der Waals surface area contributed by atoms with Crippen LogP contribution in [-0.2, 0) is 32.3 Å². The number of fused-ring (bicyclic) bond motifs is 1. The van der Waals surface area contributed by atoms with Crippen LogP contribution in [0.15, 0.2) is 41.3 Å². The molecule has 0 aromatic heterocycles. The minimum Gasteiger partial charge on any atom is -0.454 e. The van der Waals surface area contributed by atoms with Crippen molar-refractivity contribution >= 4 is 15.7 Å². The molecule has 0 aliphatic carbocycles. The number of hydrogen-bond donors (Lipinski definition) is 1. The molecule has 0 saturated carbocycles. The van der Waals surface area contributed by atoms with Gasteiger partial charge in [0.15, 0.2) is 17.8 Å². The molecule has 0 unspecified atom stereocenters. The molecule has 1 N–H and O–H groups in total. The van der Waals surface area contributed by atoms with E-state index in [0.29, 0.717) is 17.9 Å². The fourth-order valence-corrected chi connectivity index (χ4v) is 4.89. The first kappa shape index (κ1) is 24.9. The highest BCUT2D eigenvalue weighted by atomic mass is 32.2. The molecule has 0 radical (unpaired) electrons. The molecule has 1 aliphatic heterocycles. The molecule has 12 heteroatoms. The van der Waals surface area contributed by atoms with E-state index >= 15 is 0 Å². The molecule has 0 saturated heterocycles. The smallest absolute Gasteiger partial charge is 0.269 e. The van der Waals surface area contributed by atoms with Crippen LogP contribution in [0, 0.1) is 10.1 Å². The van der Waals surface area contributed by atoms with E-state index in [-0.39, 0.29) is 43.5 Å². The van der Waals surface area contributed by atoms with Gasteiger partial charge in [-0.2, -0.15) is 4.31 Å². The average molecular weight is 483 g/mol. The molecule has 0 bridgehead atoms. The minimum absolute atomic E-state index is 0.0386. The van der Waals surface area contributed by atoms with Crippen LogP contribution in [0.25, 0.3) is 0 Å². The van der Waals surface area contributed by atoms with Crippen molar-refractivity contribution in [2.45, 2.75) is 24.0 Å². The molecule has 11 nitrogen and oxygen atoms in total. The van der Waals surface area contributed by atoms with Crippen molar-refractivity contribution in [2.24, 2.45) is 0 Å². The predicted octanol–water partition coefficient (Wildman–Crippen LogP) is 1.71. The van der Waals surface area contributed by atoms with E-state index in [4.69, 9.17) is 18.9 Å². The Labute approximate surface area is 191 Å². The number of non-ortho nitro benzene ring substituents is 1. The quantitative estimate of drug-likeness (QED) is 0.272. The Kier molecular flexibility index (Phi) is 8.21. The number of aliphatic hydroxyl groups excluding tert-OH is 1. The van der Waals surface area contributed by atoms with Crippen LogP contribution in [0.1, 0.15) is 11.1 Å². The topological polar surface area (TPSA) is 138 Å². The molecule has 3 rings (SSSR count). The lowest BCUT2D eigenvalue weighted by molar-refractivity contribution is -0.384. The first-order valence-electron chi connectivity index (χ1n) is 10.1. The van der Waals surface area contributed by atoms with Crippen LogP contribution in [0.5, 0.6) is 11.5 Å². The molecular weight excluding hydrogens is 456 g/mol. The minimum atomic E-state index is -4.02. The number of benzene rings is 2. The zero-order valence-electron chi connectivity index (χ0n) is 18.3. The second-order valence-corrected chi connectivity index (χ2v) is 9.17. The van der Waals surface area contributed by atoms with E-state index < -0.39 is 21.2 Å². The summed E-state index contributed by atoms with van der Waals surface area (Å²) in [6, 6.07) is 8.33. The van der Waals surface area contributed by atoms with E-state index in [1.54, 1.807) is 6.07 Å². The highest BCUT2D eigenvalue weighted by Crippen LogP contribution is 2.37. The number of hydrogen-bond acceptors (Lipinski definition) is 9. The fourth-order valence-electron chi connectivity index (χ4n) is 3.46. The summed E-state index contributed by atoms with van der Waals surface area (Å²) in [5.41, 5.74) is 1.37. The Morgan fingerprint density at radius 1 is 1.15 bits per heavy atom. The van der Waals surface area contributed by atoms with Gasteiger partial charge in [0.1, 0.15) is 0 Å². The maximum absolute atomic E-state index is 13.4. The van der Waals surface area contributed by atoms with Crippen molar-refractivity contribution in [1.29, 1.82) is 0 Å². The molecule has 180 valence electrons. The monoisotopic (exact) mass is 482 g/mol. The lowest BCUT2D eigenvalue weighted by Crippen LogP contribution is -2.40. The van der Waals surface area contributed by atoms with Gasteiger partial charge < -0.3 is 24.1 Å². The molecule has 0 fully saturated rings. The van der Waals surface area contributed by atoms with E-state index in [1.807, 2.05) is 6.07 Å². The molecule has 1 aliphatic rings. The highest BCUT2D eigenvalue weighted by Gasteiger charge is 2.29. The molecule has 0 amide bonds. The van der Waals surface area contributed by atoms with Gasteiger partial charge in [-0.1, -0.05) is 6.07 Å². The third-order valence-corrected chi connectivity index (χ3v) is 7.08. The zero-order chi connectivity index (χ0) is 24.0. The molecule has 0 spiro atoms. The van der Waals surface area contributed by atoms with E-state index in [9.17, 15) is 23.6 Å². The van der Waals surface area contributed by atoms with Gasteiger partial charge in [-0.05, 0) is 42.2 Å². The lowest BCUT2D eigenvalue weighted by Gasteiger charge is -2.26. The second-order valence-electron chi connectivity index (χ2n) is 7.23. The van der Waals surface area contributed by atoms with Crippen molar-refractivity contribution in [3.63, 3.8) is 0 Å². The van der Waals surface area contributed by atoms with Gasteiger partial charge in [-0.15, -0.1) is 0 Å². The summed E-state index contributed by atoms with van der Waals surface area (Å²) >= 11 is 0. The van der Waals surface area contributed by atoms with Crippen LogP contribution >= 0.6 is 0 Å². The molecule has 2 aromatic rings. The normalized spacial score (nSPS) is 13.1. The number of rotatable bonds is 12. The first-order chi connectivity index (χ1) is 15.8. The first-order valence-corrected chi connectivity index (χ1v) is 11.6. The summed E-state index contributed by atoms with van der Waals surface area (Å²) in [7, 11) is -1.22. The third-order valence-electron chi connectivity index (χ3n) is 5.20. The number of nitrogens with zero attached hydrogens (tertiary/aromatic N) is 2. The van der Waals surface area contributed by atoms with Gasteiger partial charge in [0.25, 0.3) is 5.69 Å². The number of aliphatic hydroxyl groups is 1. The van der Waals surface area contributed by atoms with Gasteiger partial charge >= 0.3 is 0 Å². The Hall–Kier alpha value is -2.77. The SMILES string of the molecule is COC(CN(CCc1cc(CCO)cc2c1OCO2)S(=O)(=O)c1ccc([N+](=O)[O-])cc1)OC. The number of sulfonamides is 1. The standard InChI is InChI=1S/C21H26N2O9S/c1-29-20(30-2)13-22(33(27,28)18-5-3-17(4-6-18)23(25)26)9-7-16-11-15(8-10-24)12-19-21(16)32-14-31-19/h3-6,11-12,20,24H,7-10,13-14H2,1-2H3. The van der Waals surface area contributed by atoms with Gasteiger partial charge in [-0.3, -0.25) is 10.1 Å². The number of methoxy groups -OCH3 is 2. The molecular formula is C21H26N2O9S. The molecule has 0 atom stereocenters. The fraction of sp³-hybridized carbons (Fsp3) is 0.429. The zero-order valence-corrected chi connectivity index (χ0v) is 19.1. The average Bonchev–Trinajstić information content (AvgIpc) is 3.28. The van der Waals surface area contributed by atoms with E-state index in [2.05, 4.69) is 0 Å². The molecule has 33 heavy (non-hydrogen) atoms. The molecule has 2 aromatic carbocycles. The van der Waals surface area contributed by atoms with Crippen molar-refractivity contribution in [3.8, 4) is 11.5 Å². The van der Waals surface area contributed by atoms with Crippen LogP contribution in [0.3, 0.4) is 0 Å². The van der Waals surface area contributed by atoms with Crippen molar-refractivity contribution < 1.29 is 37.4 Å². The summed E-state index contributed by atoms with van der Waals surface area (Å²) in [6.07, 6.45) is -0.106. The predicted molar refractivity (Wildman–Crippen MR) is 117 cm³/mol. The largest absolute Gasteiger partial charge is 0.454 e. The number of ether oxygens (including phenoxy) is 4. The lowest BCUT2D eigenvalue weighted by atomic mass is 10.0. The second kappa shape index (κ2) is 10.9. The Morgan fingerprint density at radius 2 is 1.85 bits per heavy atom. The van der Waals surface area contributed by atoms with E-state index in [1.165, 1.54) is 30.7 Å². The summed E-state index contributed by atoms with van der Waals surface area (Å²) < 4.78 is 49.3. The van der Waals surface area contributed by atoms with Crippen molar-refractivity contribution in [3.05, 3.63) is 57.6 Å². The van der Waals surface area contributed by atoms with Crippen LogP contribution in [0.2, 0.25) is 0 Å². The van der Waals surface area contributed by atoms with Crippen LogP contribution in [0.4, 0.5) is 5.69 Å². The Morgan fingerprint density at radius 3 is 2.45 bits per heavy atom. The van der Waals surface area contributed by atoms with Crippen molar-refractivity contribution in [1.82, 2.24) is 4.31 Å². The van der Waals surface area contributed by atoms with Gasteiger partial charge in [0.05, 0.1) is 16.4 Å². The third kappa shape index (κ3) is 5.78. The van der Waals surface area contributed by atoms with Gasteiger partial charge in [-0.25, -0.2) is 8.42 Å². The Bertz CT molecular complexity index is 1070. The summed E-state index contributed by atoms with van der Waals surface area (Å²) in [4.78, 5) is 10.2. The molecule has 1 heterocycles. The van der Waals surface area contributed by atoms with Crippen molar-refractivity contribution in [2.75, 3.05) is 40.7 Å². The maximum atomic E-state index is 13.4. The number of nitro groups is 1. The van der Waals surface area contributed by atoms with Crippen LogP contribution < -0.4 is 9.47 Å².